The first-order chi connectivity index (χ1) is 9.31. The van der Waals surface area contributed by atoms with Crippen molar-refractivity contribution in [2.45, 2.75) is 25.8 Å². The highest BCUT2D eigenvalue weighted by molar-refractivity contribution is 5.32. The van der Waals surface area contributed by atoms with E-state index in [2.05, 4.69) is 22.7 Å². The molecule has 2 aromatic rings. The lowest BCUT2D eigenvalue weighted by molar-refractivity contribution is 0.342. The molecule has 0 saturated heterocycles. The zero-order valence-corrected chi connectivity index (χ0v) is 11.0. The van der Waals surface area contributed by atoms with E-state index in [1.54, 1.807) is 6.20 Å². The molecular weight excluding hydrogens is 238 g/mol. The summed E-state index contributed by atoms with van der Waals surface area (Å²) in [7, 11) is 0. The van der Waals surface area contributed by atoms with Gasteiger partial charge in [-0.3, -0.25) is 11.3 Å². The van der Waals surface area contributed by atoms with E-state index in [0.29, 0.717) is 5.92 Å². The summed E-state index contributed by atoms with van der Waals surface area (Å²) in [5.41, 5.74) is 4.97. The number of hydrogen-bond donors (Lipinski definition) is 2. The molecule has 3 rings (SSSR count). The lowest BCUT2D eigenvalue weighted by Crippen LogP contribution is -2.34. The van der Waals surface area contributed by atoms with Crippen LogP contribution in [0.15, 0.2) is 36.5 Å². The van der Waals surface area contributed by atoms with E-state index in [1.807, 2.05) is 35.0 Å². The third kappa shape index (κ3) is 2.39. The van der Waals surface area contributed by atoms with Gasteiger partial charge in [-0.05, 0) is 36.8 Å². The monoisotopic (exact) mass is 257 g/mol. The minimum Gasteiger partial charge on any atom is -0.271 e. The summed E-state index contributed by atoms with van der Waals surface area (Å²) in [5, 5.41) is 8.24. The molecular formula is C14H19N5. The Morgan fingerprint density at radius 3 is 2.68 bits per heavy atom. The predicted molar refractivity (Wildman–Crippen MR) is 73.3 cm³/mol. The third-order valence-electron chi connectivity index (χ3n) is 3.97. The van der Waals surface area contributed by atoms with Crippen molar-refractivity contribution in [2.24, 2.45) is 17.7 Å². The Balaban J connectivity index is 1.94. The van der Waals surface area contributed by atoms with E-state index in [1.165, 1.54) is 12.8 Å². The van der Waals surface area contributed by atoms with Gasteiger partial charge in [-0.25, -0.2) is 4.68 Å². The Hall–Kier alpha value is -1.72. The maximum atomic E-state index is 5.76. The molecule has 1 aromatic carbocycles. The molecule has 1 fully saturated rings. The average Bonchev–Trinajstić information content (AvgIpc) is 3.20. The van der Waals surface area contributed by atoms with E-state index in [-0.39, 0.29) is 6.04 Å². The Morgan fingerprint density at radius 2 is 2.05 bits per heavy atom. The molecule has 1 aromatic heterocycles. The van der Waals surface area contributed by atoms with Crippen LogP contribution in [0.25, 0.3) is 5.69 Å². The van der Waals surface area contributed by atoms with Crippen LogP contribution in [-0.4, -0.2) is 15.0 Å². The van der Waals surface area contributed by atoms with Crippen molar-refractivity contribution in [1.82, 2.24) is 20.4 Å². The van der Waals surface area contributed by atoms with Gasteiger partial charge in [-0.1, -0.05) is 30.3 Å². The normalized spacial score (nSPS) is 18.2. The molecule has 5 nitrogen and oxygen atoms in total. The van der Waals surface area contributed by atoms with Crippen LogP contribution in [0, 0.1) is 11.8 Å². The standard InChI is InChI=1S/C14H19N5/c1-10(11-7-8-11)14(17-15)13-9-16-18-19(13)12-5-3-2-4-6-12/h2-6,9-11,14,17H,7-8,15H2,1H3. The van der Waals surface area contributed by atoms with Crippen LogP contribution in [-0.2, 0) is 0 Å². The van der Waals surface area contributed by atoms with E-state index in [4.69, 9.17) is 5.84 Å². The lowest BCUT2D eigenvalue weighted by atomic mass is 9.95. The Kier molecular flexibility index (Phi) is 3.31. The van der Waals surface area contributed by atoms with Gasteiger partial charge in [0.15, 0.2) is 0 Å². The fourth-order valence-corrected chi connectivity index (χ4v) is 2.63. The number of nitrogens with zero attached hydrogens (tertiary/aromatic N) is 3. The van der Waals surface area contributed by atoms with Crippen LogP contribution >= 0.6 is 0 Å². The van der Waals surface area contributed by atoms with Crippen LogP contribution in [0.3, 0.4) is 0 Å². The first kappa shape index (κ1) is 12.3. The highest BCUT2D eigenvalue weighted by atomic mass is 15.4. The van der Waals surface area contributed by atoms with Crippen molar-refractivity contribution in [1.29, 1.82) is 0 Å². The van der Waals surface area contributed by atoms with Crippen LogP contribution < -0.4 is 11.3 Å². The van der Waals surface area contributed by atoms with Gasteiger partial charge in [-0.15, -0.1) is 5.10 Å². The summed E-state index contributed by atoms with van der Waals surface area (Å²) in [4.78, 5) is 0. The van der Waals surface area contributed by atoms with Gasteiger partial charge < -0.3 is 0 Å². The third-order valence-corrected chi connectivity index (χ3v) is 3.97. The fraction of sp³-hybridized carbons (Fsp3) is 0.429. The highest BCUT2D eigenvalue weighted by Gasteiger charge is 2.35. The lowest BCUT2D eigenvalue weighted by Gasteiger charge is -2.23. The van der Waals surface area contributed by atoms with Gasteiger partial charge in [-0.2, -0.15) is 0 Å². The molecule has 3 N–H and O–H groups in total. The maximum Gasteiger partial charge on any atom is 0.0831 e. The van der Waals surface area contributed by atoms with Crippen molar-refractivity contribution in [3.05, 3.63) is 42.2 Å². The number of rotatable bonds is 5. The molecule has 0 bridgehead atoms. The minimum atomic E-state index is 0.0858. The molecule has 5 heteroatoms. The summed E-state index contributed by atoms with van der Waals surface area (Å²) in [6.45, 7) is 2.24. The van der Waals surface area contributed by atoms with Crippen LogP contribution in [0.4, 0.5) is 0 Å². The summed E-state index contributed by atoms with van der Waals surface area (Å²) < 4.78 is 1.86. The SMILES string of the molecule is CC(C1CC1)C(NN)c1cnnn1-c1ccccc1. The van der Waals surface area contributed by atoms with Crippen LogP contribution in [0.2, 0.25) is 0 Å². The molecule has 1 aliphatic rings. The van der Waals surface area contributed by atoms with E-state index < -0.39 is 0 Å². The van der Waals surface area contributed by atoms with Gasteiger partial charge in [0.2, 0.25) is 0 Å². The number of nitrogens with one attached hydrogen (secondary N) is 1. The summed E-state index contributed by atoms with van der Waals surface area (Å²) in [6, 6.07) is 10.1. The van der Waals surface area contributed by atoms with Crippen molar-refractivity contribution >= 4 is 0 Å². The molecule has 100 valence electrons. The van der Waals surface area contributed by atoms with Gasteiger partial charge in [0.25, 0.3) is 0 Å². The zero-order chi connectivity index (χ0) is 13.2. The van der Waals surface area contributed by atoms with Gasteiger partial charge >= 0.3 is 0 Å². The van der Waals surface area contributed by atoms with Crippen molar-refractivity contribution in [3.8, 4) is 5.69 Å². The molecule has 0 radical (unpaired) electrons. The molecule has 2 unspecified atom stereocenters. The number of hydrogen-bond acceptors (Lipinski definition) is 4. The molecule has 19 heavy (non-hydrogen) atoms. The molecule has 0 aliphatic heterocycles. The van der Waals surface area contributed by atoms with Gasteiger partial charge in [0.1, 0.15) is 0 Å². The number of nitrogens with two attached hydrogens (primary N) is 1. The number of hydrazine groups is 1. The number of aromatic nitrogens is 3. The van der Waals surface area contributed by atoms with E-state index in [0.717, 1.165) is 17.3 Å². The zero-order valence-electron chi connectivity index (χ0n) is 11.0. The summed E-state index contributed by atoms with van der Waals surface area (Å²) in [6.07, 6.45) is 4.40. The molecule has 1 aliphatic carbocycles. The summed E-state index contributed by atoms with van der Waals surface area (Å²) >= 11 is 0. The van der Waals surface area contributed by atoms with E-state index >= 15 is 0 Å². The average molecular weight is 257 g/mol. The van der Waals surface area contributed by atoms with Gasteiger partial charge in [0, 0.05) is 0 Å². The maximum absolute atomic E-state index is 5.76. The van der Waals surface area contributed by atoms with Crippen LogP contribution in [0.5, 0.6) is 0 Å². The Bertz CT molecular complexity index is 532. The first-order valence-corrected chi connectivity index (χ1v) is 6.73. The second kappa shape index (κ2) is 5.11. The summed E-state index contributed by atoms with van der Waals surface area (Å²) in [5.74, 6) is 7.01. The molecule has 2 atom stereocenters. The first-order valence-electron chi connectivity index (χ1n) is 6.73. The molecule has 0 spiro atoms. The molecule has 1 heterocycles. The molecule has 0 amide bonds. The second-order valence-corrected chi connectivity index (χ2v) is 5.25. The van der Waals surface area contributed by atoms with Crippen LogP contribution in [0.1, 0.15) is 31.5 Å². The highest BCUT2D eigenvalue weighted by Crippen LogP contribution is 2.42. The number of para-hydroxylation sites is 1. The smallest absolute Gasteiger partial charge is 0.0831 e. The quantitative estimate of drug-likeness (QED) is 0.633. The van der Waals surface area contributed by atoms with Crippen molar-refractivity contribution in [2.75, 3.05) is 0 Å². The van der Waals surface area contributed by atoms with Gasteiger partial charge in [0.05, 0.1) is 23.6 Å². The fourth-order valence-electron chi connectivity index (χ4n) is 2.63. The second-order valence-electron chi connectivity index (χ2n) is 5.25. The van der Waals surface area contributed by atoms with Crippen molar-refractivity contribution in [3.63, 3.8) is 0 Å². The Morgan fingerprint density at radius 1 is 1.32 bits per heavy atom. The van der Waals surface area contributed by atoms with Crippen molar-refractivity contribution < 1.29 is 0 Å². The predicted octanol–water partition coefficient (Wildman–Crippen LogP) is 1.82. The van der Waals surface area contributed by atoms with E-state index in [9.17, 15) is 0 Å². The Labute approximate surface area is 112 Å². The number of benzene rings is 1. The minimum absolute atomic E-state index is 0.0858. The molecule has 1 saturated carbocycles. The largest absolute Gasteiger partial charge is 0.271 e. The topological polar surface area (TPSA) is 68.8 Å².